The van der Waals surface area contributed by atoms with Gasteiger partial charge >= 0.3 is 0 Å². The molecule has 0 saturated heterocycles. The number of thiazole rings is 1. The van der Waals surface area contributed by atoms with E-state index in [4.69, 9.17) is 0 Å². The number of carbonyl (C=O) groups is 1. The number of aromatic nitrogens is 3. The number of carbonyl (C=O) groups excluding carboxylic acids is 1. The fourth-order valence-corrected chi connectivity index (χ4v) is 4.31. The van der Waals surface area contributed by atoms with E-state index in [1.54, 1.807) is 17.5 Å². The van der Waals surface area contributed by atoms with Gasteiger partial charge in [0.1, 0.15) is 21.9 Å². The molecule has 1 amide bonds. The standard InChI is InChI=1S/C23H18N4OS/c1-15-8-9-17(22-26-18-6-4-11-24-23(18)29-22)13-19(15)25-21(28)14-27-12-10-16-5-2-3-7-20(16)27/h2-13H,14H2,1H3,(H,25,28). The van der Waals surface area contributed by atoms with E-state index in [0.29, 0.717) is 0 Å². The molecule has 0 fully saturated rings. The molecule has 0 bridgehead atoms. The van der Waals surface area contributed by atoms with Crippen LogP contribution in [0.3, 0.4) is 0 Å². The van der Waals surface area contributed by atoms with Crippen molar-refractivity contribution in [3.05, 3.63) is 78.6 Å². The highest BCUT2D eigenvalue weighted by atomic mass is 32.1. The predicted molar refractivity (Wildman–Crippen MR) is 118 cm³/mol. The van der Waals surface area contributed by atoms with Gasteiger partial charge in [-0.25, -0.2) is 9.97 Å². The van der Waals surface area contributed by atoms with Crippen LogP contribution in [-0.4, -0.2) is 20.4 Å². The van der Waals surface area contributed by atoms with Gasteiger partial charge in [0.05, 0.1) is 0 Å². The van der Waals surface area contributed by atoms with E-state index < -0.39 is 0 Å². The Morgan fingerprint density at radius 1 is 1.10 bits per heavy atom. The molecule has 0 aliphatic heterocycles. The molecular formula is C23H18N4OS. The fraction of sp³-hybridized carbons (Fsp3) is 0.0870. The minimum absolute atomic E-state index is 0.0578. The largest absolute Gasteiger partial charge is 0.338 e. The molecule has 142 valence electrons. The van der Waals surface area contributed by atoms with Crippen LogP contribution in [0.4, 0.5) is 5.69 Å². The quantitative estimate of drug-likeness (QED) is 0.449. The molecule has 5 nitrogen and oxygen atoms in total. The van der Waals surface area contributed by atoms with E-state index in [2.05, 4.69) is 15.3 Å². The lowest BCUT2D eigenvalue weighted by molar-refractivity contribution is -0.116. The number of pyridine rings is 1. The zero-order valence-electron chi connectivity index (χ0n) is 15.8. The number of anilines is 1. The molecule has 29 heavy (non-hydrogen) atoms. The van der Waals surface area contributed by atoms with Crippen LogP contribution in [0, 0.1) is 6.92 Å². The van der Waals surface area contributed by atoms with Gasteiger partial charge in [0.15, 0.2) is 0 Å². The van der Waals surface area contributed by atoms with Crippen molar-refractivity contribution in [3.63, 3.8) is 0 Å². The van der Waals surface area contributed by atoms with E-state index >= 15 is 0 Å². The summed E-state index contributed by atoms with van der Waals surface area (Å²) in [5, 5.41) is 5.08. The van der Waals surface area contributed by atoms with Crippen molar-refractivity contribution >= 4 is 44.2 Å². The Morgan fingerprint density at radius 3 is 2.90 bits per heavy atom. The third-order valence-electron chi connectivity index (χ3n) is 4.92. The number of nitrogens with zero attached hydrogens (tertiary/aromatic N) is 3. The number of amides is 1. The predicted octanol–water partition coefficient (Wildman–Crippen LogP) is 5.26. The lowest BCUT2D eigenvalue weighted by atomic mass is 10.1. The third kappa shape index (κ3) is 3.39. The second-order valence-electron chi connectivity index (χ2n) is 6.93. The number of benzene rings is 2. The second-order valence-corrected chi connectivity index (χ2v) is 7.90. The number of rotatable bonds is 4. The van der Waals surface area contributed by atoms with Gasteiger partial charge in [-0.05, 0) is 48.2 Å². The molecule has 5 rings (SSSR count). The lowest BCUT2D eigenvalue weighted by Gasteiger charge is -2.11. The molecule has 5 aromatic rings. The minimum atomic E-state index is -0.0578. The van der Waals surface area contributed by atoms with Gasteiger partial charge < -0.3 is 9.88 Å². The minimum Gasteiger partial charge on any atom is -0.338 e. The Hall–Kier alpha value is -3.51. The molecule has 0 aliphatic carbocycles. The van der Waals surface area contributed by atoms with Gasteiger partial charge in [-0.2, -0.15) is 0 Å². The zero-order valence-corrected chi connectivity index (χ0v) is 16.6. The van der Waals surface area contributed by atoms with Gasteiger partial charge in [0.25, 0.3) is 0 Å². The van der Waals surface area contributed by atoms with Crippen LogP contribution in [0.1, 0.15) is 5.56 Å². The molecule has 1 N–H and O–H groups in total. The van der Waals surface area contributed by atoms with E-state index in [-0.39, 0.29) is 12.5 Å². The number of hydrogen-bond donors (Lipinski definition) is 1. The summed E-state index contributed by atoms with van der Waals surface area (Å²) in [6.45, 7) is 2.26. The van der Waals surface area contributed by atoms with Gasteiger partial charge in [0.2, 0.25) is 5.91 Å². The van der Waals surface area contributed by atoms with Crippen LogP contribution in [0.5, 0.6) is 0 Å². The van der Waals surface area contributed by atoms with Crippen LogP contribution in [-0.2, 0) is 11.3 Å². The number of fused-ring (bicyclic) bond motifs is 2. The molecule has 2 aromatic carbocycles. The second kappa shape index (κ2) is 7.14. The summed E-state index contributed by atoms with van der Waals surface area (Å²) in [7, 11) is 0. The normalized spacial score (nSPS) is 11.2. The maximum atomic E-state index is 12.7. The van der Waals surface area contributed by atoms with Gasteiger partial charge in [0, 0.05) is 29.2 Å². The smallest absolute Gasteiger partial charge is 0.244 e. The molecule has 0 unspecified atom stereocenters. The topological polar surface area (TPSA) is 59.8 Å². The summed E-state index contributed by atoms with van der Waals surface area (Å²) in [6.07, 6.45) is 3.72. The maximum absolute atomic E-state index is 12.7. The first-order chi connectivity index (χ1) is 14.2. The average Bonchev–Trinajstić information content (AvgIpc) is 3.34. The van der Waals surface area contributed by atoms with Crippen molar-refractivity contribution in [1.29, 1.82) is 0 Å². The van der Waals surface area contributed by atoms with Crippen LogP contribution in [0.2, 0.25) is 0 Å². The van der Waals surface area contributed by atoms with E-state index in [1.807, 2.05) is 78.4 Å². The van der Waals surface area contributed by atoms with Crippen molar-refractivity contribution in [3.8, 4) is 10.6 Å². The highest BCUT2D eigenvalue weighted by Gasteiger charge is 2.11. The van der Waals surface area contributed by atoms with Gasteiger partial charge in [-0.1, -0.05) is 41.7 Å². The van der Waals surface area contributed by atoms with Crippen LogP contribution < -0.4 is 5.32 Å². The monoisotopic (exact) mass is 398 g/mol. The van der Waals surface area contributed by atoms with E-state index in [0.717, 1.165) is 43.1 Å². The number of nitrogens with one attached hydrogen (secondary N) is 1. The van der Waals surface area contributed by atoms with Crippen LogP contribution in [0.15, 0.2) is 73.1 Å². The Kier molecular flexibility index (Phi) is 4.33. The molecule has 3 aromatic heterocycles. The molecule has 0 atom stereocenters. The molecule has 0 aliphatic rings. The van der Waals surface area contributed by atoms with Crippen molar-refractivity contribution in [2.45, 2.75) is 13.5 Å². The fourth-order valence-electron chi connectivity index (χ4n) is 3.41. The van der Waals surface area contributed by atoms with Crippen molar-refractivity contribution in [1.82, 2.24) is 14.5 Å². The number of para-hydroxylation sites is 1. The van der Waals surface area contributed by atoms with Gasteiger partial charge in [-0.3, -0.25) is 4.79 Å². The number of aryl methyl sites for hydroxylation is 1. The van der Waals surface area contributed by atoms with Crippen molar-refractivity contribution in [2.24, 2.45) is 0 Å². The van der Waals surface area contributed by atoms with Crippen molar-refractivity contribution in [2.75, 3.05) is 5.32 Å². The van der Waals surface area contributed by atoms with Crippen LogP contribution in [0.25, 0.3) is 31.8 Å². The van der Waals surface area contributed by atoms with E-state index in [9.17, 15) is 4.79 Å². The van der Waals surface area contributed by atoms with Crippen molar-refractivity contribution < 1.29 is 4.79 Å². The maximum Gasteiger partial charge on any atom is 0.244 e. The summed E-state index contributed by atoms with van der Waals surface area (Å²) in [5.74, 6) is -0.0578. The zero-order chi connectivity index (χ0) is 19.8. The van der Waals surface area contributed by atoms with Gasteiger partial charge in [-0.15, -0.1) is 0 Å². The van der Waals surface area contributed by atoms with E-state index in [1.165, 1.54) is 0 Å². The molecule has 0 radical (unpaired) electrons. The molecule has 3 heterocycles. The summed E-state index contributed by atoms with van der Waals surface area (Å²) >= 11 is 1.55. The highest BCUT2D eigenvalue weighted by molar-refractivity contribution is 7.21. The Bertz CT molecular complexity index is 1320. The summed E-state index contributed by atoms with van der Waals surface area (Å²) in [4.78, 5) is 22.7. The Balaban J connectivity index is 1.40. The number of hydrogen-bond acceptors (Lipinski definition) is 4. The first-order valence-corrected chi connectivity index (χ1v) is 10.2. The summed E-state index contributed by atoms with van der Waals surface area (Å²) in [6, 6.07) is 19.9. The molecular weight excluding hydrogens is 380 g/mol. The lowest BCUT2D eigenvalue weighted by Crippen LogP contribution is -2.18. The SMILES string of the molecule is Cc1ccc(-c2nc3cccnc3s2)cc1NC(=O)Cn1ccc2ccccc21. The Morgan fingerprint density at radius 2 is 2.00 bits per heavy atom. The summed E-state index contributed by atoms with van der Waals surface area (Å²) in [5.41, 5.74) is 4.73. The molecule has 0 spiro atoms. The molecule has 0 saturated carbocycles. The van der Waals surface area contributed by atoms with Crippen LogP contribution >= 0.6 is 11.3 Å². The average molecular weight is 398 g/mol. The third-order valence-corrected chi connectivity index (χ3v) is 5.95. The Labute approximate surface area is 171 Å². The molecule has 6 heteroatoms. The summed E-state index contributed by atoms with van der Waals surface area (Å²) < 4.78 is 1.96. The first kappa shape index (κ1) is 17.6. The highest BCUT2D eigenvalue weighted by Crippen LogP contribution is 2.31. The first-order valence-electron chi connectivity index (χ1n) is 9.34.